The monoisotopic (exact) mass is 481 g/mol. The van der Waals surface area contributed by atoms with E-state index >= 15 is 0 Å². The molecular formula is C17H28IN3O3S. The number of nitrogens with one attached hydrogen (secondary N) is 2. The van der Waals surface area contributed by atoms with Gasteiger partial charge in [0.15, 0.2) is 5.96 Å². The summed E-state index contributed by atoms with van der Waals surface area (Å²) >= 11 is 0. The predicted octanol–water partition coefficient (Wildman–Crippen LogP) is 2.11. The lowest BCUT2D eigenvalue weighted by Gasteiger charge is -2.18. The molecule has 0 unspecified atom stereocenters. The number of hydrogen-bond donors (Lipinski definition) is 2. The van der Waals surface area contributed by atoms with Crippen LogP contribution in [0.1, 0.15) is 24.0 Å². The second-order valence-electron chi connectivity index (χ2n) is 6.66. The van der Waals surface area contributed by atoms with Crippen LogP contribution in [0.4, 0.5) is 0 Å². The van der Waals surface area contributed by atoms with Gasteiger partial charge in [0, 0.05) is 37.4 Å². The SMILES string of the molecule is CN=C(NCc1ccc(C)cc1OC)NCC1(CS(C)(=O)=O)CC1.I. The molecule has 1 aliphatic rings. The maximum Gasteiger partial charge on any atom is 0.191 e. The fraction of sp³-hybridized carbons (Fsp3) is 0.588. The van der Waals surface area contributed by atoms with Gasteiger partial charge in [-0.1, -0.05) is 12.1 Å². The Bertz CT molecular complexity index is 716. The molecule has 0 saturated heterocycles. The Morgan fingerprint density at radius 1 is 1.32 bits per heavy atom. The fourth-order valence-corrected chi connectivity index (χ4v) is 4.28. The molecule has 1 aliphatic carbocycles. The van der Waals surface area contributed by atoms with Crippen molar-refractivity contribution in [3.8, 4) is 5.75 Å². The molecule has 0 amide bonds. The van der Waals surface area contributed by atoms with Crippen molar-refractivity contribution in [2.24, 2.45) is 10.4 Å². The Labute approximate surface area is 167 Å². The molecule has 0 aromatic heterocycles. The molecule has 0 atom stereocenters. The van der Waals surface area contributed by atoms with Crippen LogP contribution in [0.5, 0.6) is 5.75 Å². The third-order valence-corrected chi connectivity index (χ3v) is 5.41. The van der Waals surface area contributed by atoms with Crippen molar-refractivity contribution in [1.29, 1.82) is 0 Å². The molecule has 2 N–H and O–H groups in total. The maximum atomic E-state index is 11.5. The van der Waals surface area contributed by atoms with Crippen molar-refractivity contribution in [3.63, 3.8) is 0 Å². The van der Waals surface area contributed by atoms with Crippen molar-refractivity contribution in [2.45, 2.75) is 26.3 Å². The van der Waals surface area contributed by atoms with Crippen molar-refractivity contribution < 1.29 is 13.2 Å². The fourth-order valence-electron chi connectivity index (χ4n) is 2.77. The largest absolute Gasteiger partial charge is 0.496 e. The van der Waals surface area contributed by atoms with E-state index in [4.69, 9.17) is 4.74 Å². The number of methoxy groups -OCH3 is 1. The normalized spacial score (nSPS) is 15.9. The quantitative estimate of drug-likeness (QED) is 0.355. The summed E-state index contributed by atoms with van der Waals surface area (Å²) in [6.45, 7) is 3.23. The summed E-state index contributed by atoms with van der Waals surface area (Å²) in [5.41, 5.74) is 2.06. The van der Waals surface area contributed by atoms with Gasteiger partial charge in [-0.3, -0.25) is 4.99 Å². The van der Waals surface area contributed by atoms with Gasteiger partial charge in [0.2, 0.25) is 0 Å². The first-order valence-corrected chi connectivity index (χ1v) is 10.1. The van der Waals surface area contributed by atoms with Crippen LogP contribution in [0.25, 0.3) is 0 Å². The number of nitrogens with zero attached hydrogens (tertiary/aromatic N) is 1. The third-order valence-electron chi connectivity index (χ3n) is 4.27. The Balaban J connectivity index is 0.00000312. The van der Waals surface area contributed by atoms with E-state index in [1.54, 1.807) is 14.2 Å². The van der Waals surface area contributed by atoms with Crippen LogP contribution in [0.2, 0.25) is 0 Å². The zero-order chi connectivity index (χ0) is 17.8. The number of guanidine groups is 1. The van der Waals surface area contributed by atoms with E-state index in [9.17, 15) is 8.42 Å². The molecule has 1 saturated carbocycles. The van der Waals surface area contributed by atoms with E-state index in [-0.39, 0.29) is 35.1 Å². The van der Waals surface area contributed by atoms with Crippen LogP contribution in [-0.4, -0.2) is 47.1 Å². The Kier molecular flexibility index (Phi) is 7.98. The molecule has 1 fully saturated rings. The molecule has 8 heteroatoms. The Morgan fingerprint density at radius 2 is 2.00 bits per heavy atom. The highest BCUT2D eigenvalue weighted by molar-refractivity contribution is 14.0. The highest BCUT2D eigenvalue weighted by Gasteiger charge is 2.45. The molecule has 6 nitrogen and oxygen atoms in total. The minimum Gasteiger partial charge on any atom is -0.496 e. The maximum absolute atomic E-state index is 11.5. The number of benzene rings is 1. The summed E-state index contributed by atoms with van der Waals surface area (Å²) in [5.74, 6) is 1.74. The van der Waals surface area contributed by atoms with Crippen LogP contribution in [0, 0.1) is 12.3 Å². The standard InChI is InChI=1S/C17H27N3O3S.HI/c1-13-5-6-14(15(9-13)23-3)10-19-16(18-2)20-11-17(7-8-17)12-24(4,21)22;/h5-6,9H,7-8,10-12H2,1-4H3,(H2,18,19,20);1H. The number of aliphatic imine (C=N–C) groups is 1. The molecule has 0 aliphatic heterocycles. The molecule has 1 aromatic carbocycles. The van der Waals surface area contributed by atoms with Crippen molar-refractivity contribution in [3.05, 3.63) is 29.3 Å². The lowest BCUT2D eigenvalue weighted by Crippen LogP contribution is -2.41. The van der Waals surface area contributed by atoms with Crippen molar-refractivity contribution in [1.82, 2.24) is 10.6 Å². The molecule has 0 bridgehead atoms. The van der Waals surface area contributed by atoms with Crippen molar-refractivity contribution >= 4 is 39.8 Å². The van der Waals surface area contributed by atoms with Gasteiger partial charge in [0.25, 0.3) is 0 Å². The Hall–Kier alpha value is -1.03. The van der Waals surface area contributed by atoms with Gasteiger partial charge in [0.05, 0.1) is 12.9 Å². The molecular weight excluding hydrogens is 453 g/mol. The van der Waals surface area contributed by atoms with Crippen LogP contribution in [-0.2, 0) is 16.4 Å². The van der Waals surface area contributed by atoms with Crippen LogP contribution < -0.4 is 15.4 Å². The summed E-state index contributed by atoms with van der Waals surface area (Å²) in [5, 5.41) is 6.50. The van der Waals surface area contributed by atoms with Crippen molar-refractivity contribution in [2.75, 3.05) is 32.7 Å². The first-order valence-electron chi connectivity index (χ1n) is 8.03. The minimum atomic E-state index is -2.96. The van der Waals surface area contributed by atoms with Crippen LogP contribution in [0.3, 0.4) is 0 Å². The van der Waals surface area contributed by atoms with Gasteiger partial charge in [0.1, 0.15) is 15.6 Å². The zero-order valence-electron chi connectivity index (χ0n) is 15.3. The molecule has 142 valence electrons. The van der Waals surface area contributed by atoms with E-state index in [2.05, 4.69) is 15.6 Å². The first-order chi connectivity index (χ1) is 11.3. The minimum absolute atomic E-state index is 0. The van der Waals surface area contributed by atoms with E-state index in [1.165, 1.54) is 6.26 Å². The molecule has 25 heavy (non-hydrogen) atoms. The van der Waals surface area contributed by atoms with E-state index in [0.717, 1.165) is 29.7 Å². The number of ether oxygens (including phenoxy) is 1. The van der Waals surface area contributed by atoms with Gasteiger partial charge in [-0.25, -0.2) is 8.42 Å². The van der Waals surface area contributed by atoms with E-state index in [1.807, 2.05) is 25.1 Å². The summed E-state index contributed by atoms with van der Waals surface area (Å²) in [7, 11) is 0.407. The molecule has 0 radical (unpaired) electrons. The lowest BCUT2D eigenvalue weighted by molar-refractivity contribution is 0.408. The first kappa shape index (κ1) is 22.0. The third kappa shape index (κ3) is 7.01. The Morgan fingerprint density at radius 3 is 2.52 bits per heavy atom. The second-order valence-corrected chi connectivity index (χ2v) is 8.80. The summed E-state index contributed by atoms with van der Waals surface area (Å²) in [4.78, 5) is 4.21. The highest BCUT2D eigenvalue weighted by Crippen LogP contribution is 2.45. The number of sulfone groups is 1. The predicted molar refractivity (Wildman–Crippen MR) is 113 cm³/mol. The molecule has 0 heterocycles. The van der Waals surface area contributed by atoms with E-state index < -0.39 is 9.84 Å². The van der Waals surface area contributed by atoms with Crippen LogP contribution in [0.15, 0.2) is 23.2 Å². The van der Waals surface area contributed by atoms with Gasteiger partial charge in [-0.2, -0.15) is 0 Å². The molecule has 2 rings (SSSR count). The van der Waals surface area contributed by atoms with E-state index in [0.29, 0.717) is 19.0 Å². The van der Waals surface area contributed by atoms with Gasteiger partial charge in [-0.15, -0.1) is 24.0 Å². The summed E-state index contributed by atoms with van der Waals surface area (Å²) in [6, 6.07) is 6.07. The van der Waals surface area contributed by atoms with Gasteiger partial charge < -0.3 is 15.4 Å². The molecule has 1 aromatic rings. The molecule has 0 spiro atoms. The zero-order valence-corrected chi connectivity index (χ0v) is 18.4. The van der Waals surface area contributed by atoms with Gasteiger partial charge in [-0.05, 0) is 31.4 Å². The number of halogens is 1. The average Bonchev–Trinajstić information content (AvgIpc) is 3.26. The number of rotatable bonds is 7. The topological polar surface area (TPSA) is 79.8 Å². The number of aryl methyl sites for hydroxylation is 1. The average molecular weight is 481 g/mol. The summed E-state index contributed by atoms with van der Waals surface area (Å²) in [6.07, 6.45) is 3.18. The second kappa shape index (κ2) is 9.07. The smallest absolute Gasteiger partial charge is 0.191 e. The van der Waals surface area contributed by atoms with Crippen LogP contribution >= 0.6 is 24.0 Å². The summed E-state index contributed by atoms with van der Waals surface area (Å²) < 4.78 is 28.4. The highest BCUT2D eigenvalue weighted by atomic mass is 127. The number of hydrogen-bond acceptors (Lipinski definition) is 4. The lowest BCUT2D eigenvalue weighted by atomic mass is 10.1. The van der Waals surface area contributed by atoms with Gasteiger partial charge >= 0.3 is 0 Å².